The Labute approximate surface area is 128 Å². The van der Waals surface area contributed by atoms with Gasteiger partial charge in [-0.1, -0.05) is 15.9 Å². The summed E-state index contributed by atoms with van der Waals surface area (Å²) in [5, 5.41) is 26.6. The Morgan fingerprint density at radius 1 is 1.24 bits per heavy atom. The first-order chi connectivity index (χ1) is 9.75. The largest absolute Gasteiger partial charge is 0.478 e. The summed E-state index contributed by atoms with van der Waals surface area (Å²) in [5.41, 5.74) is -0.795. The van der Waals surface area contributed by atoms with Gasteiger partial charge < -0.3 is 15.3 Å². The lowest BCUT2D eigenvalue weighted by atomic mass is 10.2. The van der Waals surface area contributed by atoms with Crippen molar-refractivity contribution >= 4 is 31.9 Å². The normalized spacial score (nSPS) is 11.9. The molecule has 0 aliphatic heterocycles. The summed E-state index contributed by atoms with van der Waals surface area (Å²) in [4.78, 5) is 10.1. The number of aliphatic hydroxyl groups excluding tert-OH is 2. The number of carboxylic acids is 1. The van der Waals surface area contributed by atoms with E-state index < -0.39 is 45.5 Å². The first-order valence-electron chi connectivity index (χ1n) is 5.70. The number of hydrogen-bond donors (Lipinski definition) is 3. The highest BCUT2D eigenvalue weighted by Crippen LogP contribution is 2.26. The Morgan fingerprint density at radius 3 is 2.19 bits per heavy atom. The molecule has 0 fully saturated rings. The van der Waals surface area contributed by atoms with Crippen LogP contribution in [-0.4, -0.2) is 60.3 Å². The summed E-state index contributed by atoms with van der Waals surface area (Å²) < 4.78 is 39.5. The van der Waals surface area contributed by atoms with Gasteiger partial charge in [0.1, 0.15) is 4.90 Å². The molecule has 0 radical (unpaired) electrons. The molecule has 0 aliphatic rings. The summed E-state index contributed by atoms with van der Waals surface area (Å²) in [6, 6.07) is 1.87. The van der Waals surface area contributed by atoms with Gasteiger partial charge in [0.05, 0.1) is 18.8 Å². The number of carbonyl (C=O) groups is 1. The van der Waals surface area contributed by atoms with Crippen LogP contribution in [0.2, 0.25) is 0 Å². The van der Waals surface area contributed by atoms with Crippen molar-refractivity contribution in [3.8, 4) is 0 Å². The fraction of sp³-hybridized carbons (Fsp3) is 0.364. The van der Waals surface area contributed by atoms with Crippen LogP contribution in [0.15, 0.2) is 21.5 Å². The molecule has 0 aromatic heterocycles. The van der Waals surface area contributed by atoms with Crippen LogP contribution in [0.4, 0.5) is 4.39 Å². The van der Waals surface area contributed by atoms with Crippen LogP contribution < -0.4 is 0 Å². The molecule has 0 atom stereocenters. The molecule has 0 spiro atoms. The Hall–Kier alpha value is -1.07. The number of nitrogens with zero attached hydrogens (tertiary/aromatic N) is 1. The third-order valence-corrected chi connectivity index (χ3v) is 4.91. The number of aromatic carboxylic acids is 1. The van der Waals surface area contributed by atoms with Gasteiger partial charge >= 0.3 is 5.97 Å². The third kappa shape index (κ3) is 3.98. The smallest absolute Gasteiger partial charge is 0.338 e. The van der Waals surface area contributed by atoms with Gasteiger partial charge in [0, 0.05) is 17.6 Å². The molecule has 1 aromatic carbocycles. The number of carboxylic acid groups (broad SMARTS) is 1. The molecular weight excluding hydrogens is 373 g/mol. The Balaban J connectivity index is 3.46. The van der Waals surface area contributed by atoms with Crippen LogP contribution in [0.25, 0.3) is 0 Å². The second kappa shape index (κ2) is 7.27. The number of benzene rings is 1. The second-order valence-electron chi connectivity index (χ2n) is 3.92. The van der Waals surface area contributed by atoms with Gasteiger partial charge in [-0.3, -0.25) is 0 Å². The van der Waals surface area contributed by atoms with Gasteiger partial charge in [-0.2, -0.15) is 4.31 Å². The first kappa shape index (κ1) is 18.0. The molecule has 0 bridgehead atoms. The average molecular weight is 386 g/mol. The van der Waals surface area contributed by atoms with Crippen LogP contribution in [0.3, 0.4) is 0 Å². The Kier molecular flexibility index (Phi) is 6.23. The molecule has 0 aliphatic carbocycles. The van der Waals surface area contributed by atoms with E-state index in [2.05, 4.69) is 15.9 Å². The number of halogens is 2. The summed E-state index contributed by atoms with van der Waals surface area (Å²) in [6.07, 6.45) is 0. The van der Waals surface area contributed by atoms with Crippen molar-refractivity contribution in [2.75, 3.05) is 26.3 Å². The molecule has 118 valence electrons. The average Bonchev–Trinajstić information content (AvgIpc) is 2.40. The lowest BCUT2D eigenvalue weighted by Crippen LogP contribution is -2.36. The molecule has 3 N–H and O–H groups in total. The monoisotopic (exact) mass is 385 g/mol. The predicted octanol–water partition coefficient (Wildman–Crippen LogP) is 0.262. The molecule has 0 heterocycles. The maximum Gasteiger partial charge on any atom is 0.338 e. The molecule has 21 heavy (non-hydrogen) atoms. The van der Waals surface area contributed by atoms with Crippen LogP contribution in [-0.2, 0) is 10.0 Å². The van der Waals surface area contributed by atoms with E-state index in [4.69, 9.17) is 15.3 Å². The summed E-state index contributed by atoms with van der Waals surface area (Å²) >= 11 is 2.92. The molecule has 1 rings (SSSR count). The fourth-order valence-corrected chi connectivity index (χ4v) is 3.77. The van der Waals surface area contributed by atoms with Gasteiger partial charge in [-0.25, -0.2) is 17.6 Å². The maximum atomic E-state index is 14.1. The van der Waals surface area contributed by atoms with Crippen molar-refractivity contribution < 1.29 is 32.9 Å². The van der Waals surface area contributed by atoms with Crippen molar-refractivity contribution in [1.82, 2.24) is 4.31 Å². The van der Waals surface area contributed by atoms with E-state index in [1.165, 1.54) is 0 Å². The molecule has 0 amide bonds. The molecule has 7 nitrogen and oxygen atoms in total. The molecule has 0 saturated heterocycles. The number of hydrogen-bond acceptors (Lipinski definition) is 5. The maximum absolute atomic E-state index is 14.1. The number of aliphatic hydroxyl groups is 2. The van der Waals surface area contributed by atoms with Gasteiger partial charge in [0.25, 0.3) is 0 Å². The van der Waals surface area contributed by atoms with E-state index in [0.717, 1.165) is 12.1 Å². The van der Waals surface area contributed by atoms with Gasteiger partial charge in [0.2, 0.25) is 10.0 Å². The van der Waals surface area contributed by atoms with Crippen molar-refractivity contribution in [1.29, 1.82) is 0 Å². The number of rotatable bonds is 7. The third-order valence-electron chi connectivity index (χ3n) is 2.55. The van der Waals surface area contributed by atoms with Crippen molar-refractivity contribution in [2.45, 2.75) is 4.90 Å². The topological polar surface area (TPSA) is 115 Å². The van der Waals surface area contributed by atoms with Crippen LogP contribution >= 0.6 is 15.9 Å². The van der Waals surface area contributed by atoms with Crippen molar-refractivity contribution in [3.05, 3.63) is 28.0 Å². The highest BCUT2D eigenvalue weighted by molar-refractivity contribution is 9.10. The fourth-order valence-electron chi connectivity index (χ4n) is 1.62. The van der Waals surface area contributed by atoms with Crippen LogP contribution in [0.5, 0.6) is 0 Å². The zero-order valence-electron chi connectivity index (χ0n) is 10.7. The van der Waals surface area contributed by atoms with Gasteiger partial charge in [-0.05, 0) is 12.1 Å². The minimum atomic E-state index is -4.39. The molecule has 1 aromatic rings. The zero-order valence-corrected chi connectivity index (χ0v) is 13.1. The zero-order chi connectivity index (χ0) is 16.2. The quantitative estimate of drug-likeness (QED) is 0.620. The first-order valence-corrected chi connectivity index (χ1v) is 7.93. The number of sulfonamides is 1. The second-order valence-corrected chi connectivity index (χ2v) is 6.74. The minimum absolute atomic E-state index is 0.0767. The Bertz CT molecular complexity index is 630. The minimum Gasteiger partial charge on any atom is -0.478 e. The Morgan fingerprint density at radius 2 is 1.76 bits per heavy atom. The lowest BCUT2D eigenvalue weighted by molar-refractivity contribution is 0.0691. The molecular formula is C11H13BrFNO6S. The summed E-state index contributed by atoms with van der Waals surface area (Å²) in [5.74, 6) is -3.01. The van der Waals surface area contributed by atoms with E-state index in [-0.39, 0.29) is 17.6 Å². The van der Waals surface area contributed by atoms with E-state index in [1.807, 2.05) is 0 Å². The predicted molar refractivity (Wildman–Crippen MR) is 74.0 cm³/mol. The summed E-state index contributed by atoms with van der Waals surface area (Å²) in [7, 11) is -4.39. The van der Waals surface area contributed by atoms with Gasteiger partial charge in [0.15, 0.2) is 5.82 Å². The SMILES string of the molecule is O=C(O)c1cc(Br)cc(S(=O)(=O)N(CCO)CCO)c1F. The van der Waals surface area contributed by atoms with E-state index in [1.54, 1.807) is 0 Å². The van der Waals surface area contributed by atoms with Crippen molar-refractivity contribution in [3.63, 3.8) is 0 Å². The van der Waals surface area contributed by atoms with E-state index >= 15 is 0 Å². The highest BCUT2D eigenvalue weighted by Gasteiger charge is 2.30. The molecule has 0 unspecified atom stereocenters. The van der Waals surface area contributed by atoms with Crippen molar-refractivity contribution in [2.24, 2.45) is 0 Å². The molecule has 10 heteroatoms. The summed E-state index contributed by atoms with van der Waals surface area (Å²) in [6.45, 7) is -1.75. The van der Waals surface area contributed by atoms with E-state index in [9.17, 15) is 17.6 Å². The van der Waals surface area contributed by atoms with E-state index in [0.29, 0.717) is 4.31 Å². The van der Waals surface area contributed by atoms with Crippen LogP contribution in [0.1, 0.15) is 10.4 Å². The van der Waals surface area contributed by atoms with Gasteiger partial charge in [-0.15, -0.1) is 0 Å². The standard InChI is InChI=1S/C11H13BrFNO6S/c12-7-5-8(11(17)18)10(13)9(6-7)21(19,20)14(1-3-15)2-4-16/h5-6,15-16H,1-4H2,(H,17,18). The lowest BCUT2D eigenvalue weighted by Gasteiger charge is -2.21. The molecule has 0 saturated carbocycles. The highest BCUT2D eigenvalue weighted by atomic mass is 79.9. The van der Waals surface area contributed by atoms with Crippen LogP contribution in [0, 0.1) is 5.82 Å².